The second kappa shape index (κ2) is 6.79. The van der Waals surface area contributed by atoms with Crippen molar-refractivity contribution in [3.63, 3.8) is 0 Å². The molecule has 0 saturated heterocycles. The minimum Gasteiger partial charge on any atom is -0.489 e. The van der Waals surface area contributed by atoms with Crippen LogP contribution in [0.5, 0.6) is 5.75 Å². The fourth-order valence-electron chi connectivity index (χ4n) is 1.88. The molecule has 0 spiro atoms. The maximum Gasteiger partial charge on any atom is 0.338 e. The molecule has 0 aliphatic carbocycles. The molecular formula is C17H19NO3. The van der Waals surface area contributed by atoms with Gasteiger partial charge in [-0.3, -0.25) is 0 Å². The lowest BCUT2D eigenvalue weighted by Crippen LogP contribution is -2.05. The van der Waals surface area contributed by atoms with Gasteiger partial charge >= 0.3 is 5.97 Å². The molecule has 4 nitrogen and oxygen atoms in total. The number of anilines is 1. The zero-order valence-electron chi connectivity index (χ0n) is 12.3. The Labute approximate surface area is 124 Å². The van der Waals surface area contributed by atoms with Gasteiger partial charge in [-0.2, -0.15) is 0 Å². The fourth-order valence-corrected chi connectivity index (χ4v) is 1.88. The number of hydrogen-bond acceptors (Lipinski definition) is 4. The first-order chi connectivity index (χ1) is 10.1. The highest BCUT2D eigenvalue weighted by molar-refractivity contribution is 5.89. The van der Waals surface area contributed by atoms with E-state index in [9.17, 15) is 4.79 Å². The van der Waals surface area contributed by atoms with Crippen molar-refractivity contribution in [1.82, 2.24) is 0 Å². The van der Waals surface area contributed by atoms with Crippen LogP contribution in [-0.2, 0) is 11.3 Å². The Morgan fingerprint density at radius 3 is 2.71 bits per heavy atom. The highest BCUT2D eigenvalue weighted by Gasteiger charge is 2.07. The second-order valence-electron chi connectivity index (χ2n) is 4.73. The van der Waals surface area contributed by atoms with Crippen molar-refractivity contribution in [3.8, 4) is 5.75 Å². The molecule has 2 N–H and O–H groups in total. The Kier molecular flexibility index (Phi) is 4.82. The molecule has 0 unspecified atom stereocenters. The number of ether oxygens (including phenoxy) is 2. The van der Waals surface area contributed by atoms with Gasteiger partial charge in [0.2, 0.25) is 0 Å². The molecule has 21 heavy (non-hydrogen) atoms. The van der Waals surface area contributed by atoms with E-state index in [4.69, 9.17) is 15.2 Å². The number of nitrogens with two attached hydrogens (primary N) is 1. The van der Waals surface area contributed by atoms with Crippen LogP contribution >= 0.6 is 0 Å². The summed E-state index contributed by atoms with van der Waals surface area (Å²) in [4.78, 5) is 11.7. The van der Waals surface area contributed by atoms with Crippen LogP contribution in [0, 0.1) is 6.92 Å². The third-order valence-electron chi connectivity index (χ3n) is 3.09. The normalized spacial score (nSPS) is 10.2. The lowest BCUT2D eigenvalue weighted by Gasteiger charge is -2.09. The van der Waals surface area contributed by atoms with Gasteiger partial charge in [0.15, 0.2) is 0 Å². The van der Waals surface area contributed by atoms with Crippen LogP contribution in [0.25, 0.3) is 0 Å². The minimum absolute atomic E-state index is 0.320. The van der Waals surface area contributed by atoms with Gasteiger partial charge in [-0.05, 0) is 43.2 Å². The molecule has 0 aliphatic rings. The van der Waals surface area contributed by atoms with Crippen LogP contribution in [0.4, 0.5) is 5.69 Å². The molecule has 0 bridgehead atoms. The van der Waals surface area contributed by atoms with E-state index < -0.39 is 0 Å². The highest BCUT2D eigenvalue weighted by atomic mass is 16.5. The number of carbonyl (C=O) groups excluding carboxylic acids is 1. The van der Waals surface area contributed by atoms with E-state index in [0.717, 1.165) is 11.1 Å². The predicted octanol–water partition coefficient (Wildman–Crippen LogP) is 3.33. The summed E-state index contributed by atoms with van der Waals surface area (Å²) in [6.45, 7) is 4.46. The molecule has 0 aliphatic heterocycles. The van der Waals surface area contributed by atoms with Crippen molar-refractivity contribution >= 4 is 11.7 Å². The van der Waals surface area contributed by atoms with Crippen molar-refractivity contribution in [1.29, 1.82) is 0 Å². The number of aryl methyl sites for hydroxylation is 1. The Balaban J connectivity index is 2.04. The number of benzene rings is 2. The number of nitrogen functional groups attached to an aromatic ring is 1. The number of esters is 1. The van der Waals surface area contributed by atoms with E-state index in [-0.39, 0.29) is 5.97 Å². The molecule has 0 atom stereocenters. The molecule has 2 aromatic rings. The summed E-state index contributed by atoms with van der Waals surface area (Å²) in [7, 11) is 0. The monoisotopic (exact) mass is 285 g/mol. The van der Waals surface area contributed by atoms with Gasteiger partial charge in [-0.1, -0.05) is 18.2 Å². The van der Waals surface area contributed by atoms with Crippen LogP contribution in [0.2, 0.25) is 0 Å². The third kappa shape index (κ3) is 3.99. The molecule has 0 radical (unpaired) electrons. The van der Waals surface area contributed by atoms with Gasteiger partial charge in [-0.15, -0.1) is 0 Å². The fraction of sp³-hybridized carbons (Fsp3) is 0.235. The first-order valence-electron chi connectivity index (χ1n) is 6.85. The molecule has 0 aromatic heterocycles. The molecule has 0 amide bonds. The molecule has 2 aromatic carbocycles. The molecule has 4 heteroatoms. The largest absolute Gasteiger partial charge is 0.489 e. The van der Waals surface area contributed by atoms with Crippen molar-refractivity contribution in [2.45, 2.75) is 20.5 Å². The van der Waals surface area contributed by atoms with Crippen LogP contribution in [-0.4, -0.2) is 12.6 Å². The quantitative estimate of drug-likeness (QED) is 0.676. The van der Waals surface area contributed by atoms with Crippen LogP contribution in [0.3, 0.4) is 0 Å². The molecule has 0 saturated carbocycles. The van der Waals surface area contributed by atoms with Gasteiger partial charge in [0, 0.05) is 11.8 Å². The highest BCUT2D eigenvalue weighted by Crippen LogP contribution is 2.20. The second-order valence-corrected chi connectivity index (χ2v) is 4.73. The van der Waals surface area contributed by atoms with Crippen molar-refractivity contribution < 1.29 is 14.3 Å². The molecule has 2 rings (SSSR count). The maximum absolute atomic E-state index is 11.7. The predicted molar refractivity (Wildman–Crippen MR) is 82.3 cm³/mol. The summed E-state index contributed by atoms with van der Waals surface area (Å²) in [6, 6.07) is 12.8. The number of hydrogen-bond donors (Lipinski definition) is 1. The van der Waals surface area contributed by atoms with Gasteiger partial charge in [0.1, 0.15) is 12.4 Å². The zero-order chi connectivity index (χ0) is 15.2. The summed E-state index contributed by atoms with van der Waals surface area (Å²) >= 11 is 0. The van der Waals surface area contributed by atoms with E-state index in [1.165, 1.54) is 0 Å². The van der Waals surface area contributed by atoms with Gasteiger partial charge in [0.25, 0.3) is 0 Å². The van der Waals surface area contributed by atoms with E-state index in [2.05, 4.69) is 0 Å². The van der Waals surface area contributed by atoms with E-state index in [1.807, 2.05) is 31.2 Å². The first-order valence-corrected chi connectivity index (χ1v) is 6.85. The van der Waals surface area contributed by atoms with Crippen LogP contribution in [0.15, 0.2) is 42.5 Å². The Bertz CT molecular complexity index is 638. The summed E-state index contributed by atoms with van der Waals surface area (Å²) in [5, 5.41) is 0. The summed E-state index contributed by atoms with van der Waals surface area (Å²) < 4.78 is 10.7. The third-order valence-corrected chi connectivity index (χ3v) is 3.09. The Morgan fingerprint density at radius 1 is 1.19 bits per heavy atom. The SMILES string of the molecule is CCOC(=O)c1cccc(COc2ccc(C)c(N)c2)c1. The minimum atomic E-state index is -0.320. The summed E-state index contributed by atoms with van der Waals surface area (Å²) in [5.74, 6) is 0.388. The van der Waals surface area contributed by atoms with Crippen molar-refractivity contribution in [2.24, 2.45) is 0 Å². The van der Waals surface area contributed by atoms with Gasteiger partial charge in [-0.25, -0.2) is 4.79 Å². The van der Waals surface area contributed by atoms with Crippen LogP contribution < -0.4 is 10.5 Å². The van der Waals surface area contributed by atoms with E-state index in [1.54, 1.807) is 25.1 Å². The Hall–Kier alpha value is -2.49. The molecular weight excluding hydrogens is 266 g/mol. The van der Waals surface area contributed by atoms with Crippen molar-refractivity contribution in [2.75, 3.05) is 12.3 Å². The lowest BCUT2D eigenvalue weighted by atomic mass is 10.1. The number of rotatable bonds is 5. The summed E-state index contributed by atoms with van der Waals surface area (Å²) in [5.41, 5.74) is 9.00. The first kappa shape index (κ1) is 14.9. The standard InChI is InChI=1S/C17H19NO3/c1-3-20-17(19)14-6-4-5-13(9-14)11-21-15-8-7-12(2)16(18)10-15/h4-10H,3,11,18H2,1-2H3. The van der Waals surface area contributed by atoms with E-state index >= 15 is 0 Å². The number of carbonyl (C=O) groups is 1. The zero-order valence-corrected chi connectivity index (χ0v) is 12.3. The lowest BCUT2D eigenvalue weighted by molar-refractivity contribution is 0.0526. The van der Waals surface area contributed by atoms with Crippen LogP contribution in [0.1, 0.15) is 28.4 Å². The average Bonchev–Trinajstić information content (AvgIpc) is 2.49. The average molecular weight is 285 g/mol. The smallest absolute Gasteiger partial charge is 0.338 e. The summed E-state index contributed by atoms with van der Waals surface area (Å²) in [6.07, 6.45) is 0. The maximum atomic E-state index is 11.7. The molecule has 110 valence electrons. The topological polar surface area (TPSA) is 61.5 Å². The Morgan fingerprint density at radius 2 is 2.00 bits per heavy atom. The van der Waals surface area contributed by atoms with Gasteiger partial charge < -0.3 is 15.2 Å². The van der Waals surface area contributed by atoms with Gasteiger partial charge in [0.05, 0.1) is 12.2 Å². The van der Waals surface area contributed by atoms with E-state index in [0.29, 0.717) is 30.2 Å². The molecule has 0 heterocycles. The van der Waals surface area contributed by atoms with Crippen molar-refractivity contribution in [3.05, 3.63) is 59.2 Å². The molecule has 0 fully saturated rings.